The zero-order valence-electron chi connectivity index (χ0n) is 14.3. The van der Waals surface area contributed by atoms with Crippen LogP contribution in [-0.2, 0) is 9.59 Å². The van der Waals surface area contributed by atoms with Crippen LogP contribution in [0.1, 0.15) is 38.7 Å². The number of amides is 2. The minimum Gasteiger partial charge on any atom is -0.384 e. The van der Waals surface area contributed by atoms with E-state index in [0.29, 0.717) is 45.1 Å². The molecule has 0 aliphatic carbocycles. The van der Waals surface area contributed by atoms with Crippen molar-refractivity contribution >= 4 is 17.5 Å². The number of hydrogen-bond acceptors (Lipinski definition) is 3. The fraction of sp³-hybridized carbons (Fsp3) is 0.556. The third kappa shape index (κ3) is 4.71. The Morgan fingerprint density at radius 1 is 1.09 bits per heavy atom. The van der Waals surface area contributed by atoms with E-state index in [1.54, 1.807) is 11.8 Å². The van der Waals surface area contributed by atoms with Gasteiger partial charge in [-0.3, -0.25) is 9.59 Å². The summed E-state index contributed by atoms with van der Waals surface area (Å²) in [6, 6.07) is 8.23. The van der Waals surface area contributed by atoms with Gasteiger partial charge in [0.25, 0.3) is 0 Å². The highest BCUT2D eigenvalue weighted by molar-refractivity contribution is 5.78. The summed E-state index contributed by atoms with van der Waals surface area (Å²) in [7, 11) is 0. The molecule has 0 radical (unpaired) electrons. The number of carbonyl (C=O) groups is 2. The summed E-state index contributed by atoms with van der Waals surface area (Å²) in [6.45, 7) is 9.11. The van der Waals surface area contributed by atoms with E-state index in [9.17, 15) is 9.59 Å². The van der Waals surface area contributed by atoms with Gasteiger partial charge in [-0.25, -0.2) is 0 Å². The average molecular weight is 317 g/mol. The fourth-order valence-corrected chi connectivity index (χ4v) is 2.89. The van der Waals surface area contributed by atoms with E-state index in [-0.39, 0.29) is 11.8 Å². The van der Waals surface area contributed by atoms with Gasteiger partial charge in [0.2, 0.25) is 11.8 Å². The minimum absolute atomic E-state index is 0.0871. The zero-order valence-corrected chi connectivity index (χ0v) is 14.3. The van der Waals surface area contributed by atoms with Crippen molar-refractivity contribution < 1.29 is 9.59 Å². The van der Waals surface area contributed by atoms with Crippen LogP contribution in [0.3, 0.4) is 0 Å². The van der Waals surface area contributed by atoms with E-state index in [2.05, 4.69) is 31.3 Å². The maximum Gasteiger partial charge on any atom is 0.224 e. The smallest absolute Gasteiger partial charge is 0.224 e. The Bertz CT molecular complexity index is 549. The van der Waals surface area contributed by atoms with Gasteiger partial charge >= 0.3 is 0 Å². The van der Waals surface area contributed by atoms with Gasteiger partial charge in [0.1, 0.15) is 0 Å². The number of benzene rings is 1. The normalized spacial score (nSPS) is 15.0. The molecular formula is C18H27N3O2. The van der Waals surface area contributed by atoms with Crippen molar-refractivity contribution in [3.63, 3.8) is 0 Å². The van der Waals surface area contributed by atoms with Gasteiger partial charge < -0.3 is 15.1 Å². The van der Waals surface area contributed by atoms with Crippen LogP contribution >= 0.6 is 0 Å². The maximum atomic E-state index is 12.3. The topological polar surface area (TPSA) is 52.7 Å². The lowest BCUT2D eigenvalue weighted by Gasteiger charge is -2.34. The quantitative estimate of drug-likeness (QED) is 0.906. The van der Waals surface area contributed by atoms with Crippen LogP contribution < -0.4 is 5.32 Å². The van der Waals surface area contributed by atoms with Crippen molar-refractivity contribution in [3.8, 4) is 0 Å². The molecule has 1 aliphatic rings. The van der Waals surface area contributed by atoms with Crippen molar-refractivity contribution in [2.75, 3.05) is 38.0 Å². The van der Waals surface area contributed by atoms with Crippen LogP contribution in [0, 0.1) is 0 Å². The van der Waals surface area contributed by atoms with E-state index >= 15 is 0 Å². The Morgan fingerprint density at radius 2 is 1.70 bits per heavy atom. The fourth-order valence-electron chi connectivity index (χ4n) is 2.89. The SMILES string of the molecule is CC(=O)N1CCN(C(=O)CCNc2ccccc2C(C)C)CC1. The number of rotatable bonds is 5. The first-order chi connectivity index (χ1) is 11.0. The molecule has 126 valence electrons. The van der Waals surface area contributed by atoms with Crippen molar-refractivity contribution in [3.05, 3.63) is 29.8 Å². The summed E-state index contributed by atoms with van der Waals surface area (Å²) in [5.74, 6) is 0.695. The molecule has 1 N–H and O–H groups in total. The summed E-state index contributed by atoms with van der Waals surface area (Å²) in [5, 5.41) is 3.38. The first-order valence-corrected chi connectivity index (χ1v) is 8.35. The molecule has 1 heterocycles. The van der Waals surface area contributed by atoms with Crippen LogP contribution in [0.15, 0.2) is 24.3 Å². The Labute approximate surface area is 138 Å². The molecule has 0 saturated carbocycles. The molecule has 0 atom stereocenters. The molecule has 2 amide bonds. The third-order valence-corrected chi connectivity index (χ3v) is 4.31. The van der Waals surface area contributed by atoms with Crippen LogP contribution in [0.5, 0.6) is 0 Å². The predicted molar refractivity (Wildman–Crippen MR) is 92.5 cm³/mol. The van der Waals surface area contributed by atoms with E-state index in [0.717, 1.165) is 5.69 Å². The second-order valence-electron chi connectivity index (χ2n) is 6.31. The summed E-state index contributed by atoms with van der Waals surface area (Å²) in [6.07, 6.45) is 0.479. The highest BCUT2D eigenvalue weighted by Gasteiger charge is 2.21. The molecule has 5 nitrogen and oxygen atoms in total. The summed E-state index contributed by atoms with van der Waals surface area (Å²) >= 11 is 0. The molecule has 1 aromatic carbocycles. The average Bonchev–Trinajstić information content (AvgIpc) is 2.55. The minimum atomic E-state index is 0.0871. The predicted octanol–water partition coefficient (Wildman–Crippen LogP) is 2.30. The summed E-state index contributed by atoms with van der Waals surface area (Å²) < 4.78 is 0. The monoisotopic (exact) mass is 317 g/mol. The van der Waals surface area contributed by atoms with Gasteiger partial charge in [-0.15, -0.1) is 0 Å². The lowest BCUT2D eigenvalue weighted by molar-refractivity contribution is -0.138. The number of para-hydroxylation sites is 1. The van der Waals surface area contributed by atoms with Gasteiger partial charge in [0.05, 0.1) is 0 Å². The molecule has 2 rings (SSSR count). The van der Waals surface area contributed by atoms with Crippen LogP contribution in [-0.4, -0.2) is 54.3 Å². The molecule has 1 aliphatic heterocycles. The number of carbonyl (C=O) groups excluding carboxylic acids is 2. The van der Waals surface area contributed by atoms with Crippen molar-refractivity contribution in [2.45, 2.75) is 33.1 Å². The van der Waals surface area contributed by atoms with Crippen molar-refractivity contribution in [2.24, 2.45) is 0 Å². The maximum absolute atomic E-state index is 12.3. The lowest BCUT2D eigenvalue weighted by atomic mass is 10.0. The number of hydrogen-bond donors (Lipinski definition) is 1. The largest absolute Gasteiger partial charge is 0.384 e. The second-order valence-corrected chi connectivity index (χ2v) is 6.31. The molecule has 1 fully saturated rings. The number of nitrogens with zero attached hydrogens (tertiary/aromatic N) is 2. The number of piperazine rings is 1. The van der Waals surface area contributed by atoms with Crippen molar-refractivity contribution in [1.29, 1.82) is 0 Å². The molecule has 0 unspecified atom stereocenters. The van der Waals surface area contributed by atoms with Gasteiger partial charge in [0, 0.05) is 51.8 Å². The van der Waals surface area contributed by atoms with Crippen molar-refractivity contribution in [1.82, 2.24) is 9.80 Å². The lowest BCUT2D eigenvalue weighted by Crippen LogP contribution is -2.50. The van der Waals surface area contributed by atoms with Crippen LogP contribution in [0.4, 0.5) is 5.69 Å². The van der Waals surface area contributed by atoms with Gasteiger partial charge in [0.15, 0.2) is 0 Å². The third-order valence-electron chi connectivity index (χ3n) is 4.31. The molecule has 1 saturated heterocycles. The molecule has 0 spiro atoms. The van der Waals surface area contributed by atoms with Gasteiger partial charge in [-0.2, -0.15) is 0 Å². The number of anilines is 1. The first kappa shape index (κ1) is 17.3. The molecule has 5 heteroatoms. The van der Waals surface area contributed by atoms with Gasteiger partial charge in [-0.1, -0.05) is 32.0 Å². The number of nitrogens with one attached hydrogen (secondary N) is 1. The van der Waals surface area contributed by atoms with E-state index in [1.165, 1.54) is 5.56 Å². The summed E-state index contributed by atoms with van der Waals surface area (Å²) in [5.41, 5.74) is 2.38. The Kier molecular flexibility index (Phi) is 6.02. The Hall–Kier alpha value is -2.04. The standard InChI is InChI=1S/C18H27N3O2/c1-14(2)16-6-4-5-7-17(16)19-9-8-18(23)21-12-10-20(11-13-21)15(3)22/h4-7,14,19H,8-13H2,1-3H3. The van der Waals surface area contributed by atoms with Crippen LogP contribution in [0.2, 0.25) is 0 Å². The zero-order chi connectivity index (χ0) is 16.8. The summed E-state index contributed by atoms with van der Waals surface area (Å²) in [4.78, 5) is 27.2. The van der Waals surface area contributed by atoms with E-state index in [1.807, 2.05) is 17.0 Å². The highest BCUT2D eigenvalue weighted by Crippen LogP contribution is 2.23. The molecule has 23 heavy (non-hydrogen) atoms. The Balaban J connectivity index is 1.79. The molecular weight excluding hydrogens is 290 g/mol. The molecule has 0 aromatic heterocycles. The molecule has 0 bridgehead atoms. The van der Waals surface area contributed by atoms with E-state index in [4.69, 9.17) is 0 Å². The van der Waals surface area contributed by atoms with Crippen LogP contribution in [0.25, 0.3) is 0 Å². The second kappa shape index (κ2) is 7.99. The highest BCUT2D eigenvalue weighted by atomic mass is 16.2. The molecule has 1 aromatic rings. The van der Waals surface area contributed by atoms with Gasteiger partial charge in [-0.05, 0) is 17.5 Å². The van der Waals surface area contributed by atoms with E-state index < -0.39 is 0 Å². The Morgan fingerprint density at radius 3 is 2.30 bits per heavy atom. The first-order valence-electron chi connectivity index (χ1n) is 8.35.